The second kappa shape index (κ2) is 9.86. The van der Waals surface area contributed by atoms with Gasteiger partial charge in [0.25, 0.3) is 0 Å². The van der Waals surface area contributed by atoms with Gasteiger partial charge < -0.3 is 10.6 Å². The number of fused-ring (bicyclic) bond motifs is 5. The van der Waals surface area contributed by atoms with E-state index in [0.29, 0.717) is 5.41 Å². The summed E-state index contributed by atoms with van der Waals surface area (Å²) < 4.78 is 0. The number of urea groups is 1. The molecule has 1 unspecified atom stereocenters. The Bertz CT molecular complexity index is 1120. The third kappa shape index (κ3) is 4.27. The summed E-state index contributed by atoms with van der Waals surface area (Å²) in [4.78, 5) is 12.6. The Morgan fingerprint density at radius 1 is 0.974 bits per heavy atom. The number of hydrogen-bond acceptors (Lipinski definition) is 1. The molecule has 3 heteroatoms. The molecule has 5 aliphatic rings. The molecule has 0 aromatic heterocycles. The van der Waals surface area contributed by atoms with E-state index in [1.807, 2.05) is 0 Å². The van der Waals surface area contributed by atoms with E-state index in [0.717, 1.165) is 47.6 Å². The van der Waals surface area contributed by atoms with Crippen LogP contribution in [-0.4, -0.2) is 6.03 Å². The monoisotopic (exact) mass is 514 g/mol. The van der Waals surface area contributed by atoms with Gasteiger partial charge in [0.2, 0.25) is 0 Å². The summed E-state index contributed by atoms with van der Waals surface area (Å²) >= 11 is 0. The van der Waals surface area contributed by atoms with Crippen molar-refractivity contribution < 1.29 is 4.79 Å². The number of carbonyl (C=O) groups is 1. The van der Waals surface area contributed by atoms with Gasteiger partial charge in [-0.25, -0.2) is 4.79 Å². The SMILES string of the molecule is CC(C)CCC[C@@H](C)[C@H]1CC[C@H]2[C@@H]3CCC4=CC5=C(C[C@]4(C)[C@H]3CC[C@]12C)C(c1ccccc1)NC(=O)N5. The van der Waals surface area contributed by atoms with Crippen LogP contribution in [0.1, 0.15) is 110 Å². The van der Waals surface area contributed by atoms with Crippen molar-refractivity contribution in [2.75, 3.05) is 0 Å². The van der Waals surface area contributed by atoms with Gasteiger partial charge in [-0.15, -0.1) is 0 Å². The zero-order valence-corrected chi connectivity index (χ0v) is 24.5. The van der Waals surface area contributed by atoms with Crippen LogP contribution in [0.15, 0.2) is 53.3 Å². The molecule has 38 heavy (non-hydrogen) atoms. The summed E-state index contributed by atoms with van der Waals surface area (Å²) in [5, 5.41) is 6.44. The minimum atomic E-state index is -0.0697. The van der Waals surface area contributed by atoms with Gasteiger partial charge in [0.1, 0.15) is 0 Å². The molecule has 2 amide bonds. The molecule has 1 aliphatic heterocycles. The van der Waals surface area contributed by atoms with Gasteiger partial charge >= 0.3 is 6.03 Å². The number of nitrogens with one attached hydrogen (secondary N) is 2. The van der Waals surface area contributed by atoms with E-state index in [9.17, 15) is 4.79 Å². The topological polar surface area (TPSA) is 41.1 Å². The zero-order valence-electron chi connectivity index (χ0n) is 24.5. The lowest BCUT2D eigenvalue weighted by Gasteiger charge is -2.59. The second-order valence-corrected chi connectivity index (χ2v) is 14.6. The van der Waals surface area contributed by atoms with Crippen molar-refractivity contribution in [1.82, 2.24) is 10.6 Å². The van der Waals surface area contributed by atoms with Crippen LogP contribution in [-0.2, 0) is 0 Å². The quantitative estimate of drug-likeness (QED) is 0.391. The van der Waals surface area contributed by atoms with Crippen molar-refractivity contribution in [2.45, 2.75) is 105 Å². The third-order valence-electron chi connectivity index (χ3n) is 12.2. The first kappa shape index (κ1) is 26.2. The van der Waals surface area contributed by atoms with E-state index in [1.54, 1.807) is 5.57 Å². The number of carbonyl (C=O) groups excluding carboxylic acids is 1. The lowest BCUT2D eigenvalue weighted by atomic mass is 9.46. The molecule has 0 spiro atoms. The molecule has 1 aromatic rings. The van der Waals surface area contributed by atoms with Crippen molar-refractivity contribution >= 4 is 6.03 Å². The van der Waals surface area contributed by atoms with Crippen LogP contribution in [0.2, 0.25) is 0 Å². The van der Waals surface area contributed by atoms with Crippen LogP contribution in [0.3, 0.4) is 0 Å². The van der Waals surface area contributed by atoms with Gasteiger partial charge in [-0.05, 0) is 108 Å². The Kier molecular flexibility index (Phi) is 6.80. The third-order valence-corrected chi connectivity index (χ3v) is 12.2. The number of benzene rings is 1. The molecule has 206 valence electrons. The van der Waals surface area contributed by atoms with E-state index in [2.05, 4.69) is 81.7 Å². The van der Waals surface area contributed by atoms with Gasteiger partial charge in [0.15, 0.2) is 0 Å². The van der Waals surface area contributed by atoms with Gasteiger partial charge in [0.05, 0.1) is 6.04 Å². The molecule has 8 atom stereocenters. The number of rotatable bonds is 6. The summed E-state index contributed by atoms with van der Waals surface area (Å²) in [6.45, 7) is 12.6. The molecule has 0 bridgehead atoms. The van der Waals surface area contributed by atoms with Crippen LogP contribution in [0.25, 0.3) is 0 Å². The van der Waals surface area contributed by atoms with Crippen LogP contribution >= 0.6 is 0 Å². The largest absolute Gasteiger partial charge is 0.327 e. The highest BCUT2D eigenvalue weighted by atomic mass is 16.2. The highest BCUT2D eigenvalue weighted by molar-refractivity contribution is 5.80. The Balaban J connectivity index is 1.24. The van der Waals surface area contributed by atoms with Crippen LogP contribution in [0, 0.1) is 46.3 Å². The lowest BCUT2D eigenvalue weighted by molar-refractivity contribution is -0.0560. The zero-order chi connectivity index (χ0) is 26.7. The smallest absolute Gasteiger partial charge is 0.319 e. The maximum absolute atomic E-state index is 12.6. The van der Waals surface area contributed by atoms with Crippen molar-refractivity contribution in [2.24, 2.45) is 46.3 Å². The average molecular weight is 515 g/mol. The molecule has 3 nitrogen and oxygen atoms in total. The molecular formula is C35H50N2O. The minimum Gasteiger partial charge on any atom is -0.327 e. The lowest BCUT2D eigenvalue weighted by Crippen LogP contribution is -2.52. The molecule has 2 N–H and O–H groups in total. The van der Waals surface area contributed by atoms with Gasteiger partial charge in [0, 0.05) is 5.70 Å². The Labute approximate surface area is 231 Å². The predicted molar refractivity (Wildman–Crippen MR) is 156 cm³/mol. The first-order valence-electron chi connectivity index (χ1n) is 15.8. The highest BCUT2D eigenvalue weighted by Crippen LogP contribution is 2.68. The Hall–Kier alpha value is -2.03. The molecule has 0 radical (unpaired) electrons. The van der Waals surface area contributed by atoms with Crippen LogP contribution in [0.4, 0.5) is 4.79 Å². The van der Waals surface area contributed by atoms with Gasteiger partial charge in [-0.2, -0.15) is 0 Å². The second-order valence-electron chi connectivity index (χ2n) is 14.6. The van der Waals surface area contributed by atoms with E-state index < -0.39 is 0 Å². The number of allylic oxidation sites excluding steroid dienone is 2. The molecule has 1 aromatic carbocycles. The summed E-state index contributed by atoms with van der Waals surface area (Å²) in [5.74, 6) is 5.11. The molecule has 1 heterocycles. The fourth-order valence-corrected chi connectivity index (χ4v) is 10.3. The van der Waals surface area contributed by atoms with Crippen molar-refractivity contribution in [3.63, 3.8) is 0 Å². The van der Waals surface area contributed by atoms with Crippen molar-refractivity contribution in [3.8, 4) is 0 Å². The van der Waals surface area contributed by atoms with Crippen molar-refractivity contribution in [3.05, 3.63) is 58.8 Å². The predicted octanol–water partition coefficient (Wildman–Crippen LogP) is 8.95. The standard InChI is InChI=1S/C35H50N2O/c1-22(2)10-9-11-23(3)28-16-17-29-26-15-14-25-20-31-27(21-35(25,5)30(26)18-19-34(28,29)4)32(37-33(38)36-31)24-12-7-6-8-13-24/h6-8,12-13,20,22-23,26,28-30,32H,9-11,14-19,21H2,1-5H3,(H2,36,37,38)/t23-,26+,28-,29+,30+,32?,34-,35+/m1/s1. The molecule has 0 saturated heterocycles. The molecule has 6 rings (SSSR count). The maximum atomic E-state index is 12.6. The molecule has 4 aliphatic carbocycles. The minimum absolute atomic E-state index is 0.0219. The first-order valence-corrected chi connectivity index (χ1v) is 15.8. The van der Waals surface area contributed by atoms with Gasteiger partial charge in [-0.3, -0.25) is 0 Å². The number of hydrogen-bond donors (Lipinski definition) is 2. The molecule has 3 fully saturated rings. The van der Waals surface area contributed by atoms with E-state index in [-0.39, 0.29) is 17.5 Å². The Morgan fingerprint density at radius 2 is 1.76 bits per heavy atom. The normalized spacial score (nSPS) is 38.8. The summed E-state index contributed by atoms with van der Waals surface area (Å²) in [5.41, 5.74) is 6.00. The summed E-state index contributed by atoms with van der Waals surface area (Å²) in [6.07, 6.45) is 15.9. The first-order chi connectivity index (χ1) is 18.2. The highest BCUT2D eigenvalue weighted by Gasteiger charge is 2.59. The fraction of sp³-hybridized carbons (Fsp3) is 0.686. The summed E-state index contributed by atoms with van der Waals surface area (Å²) in [7, 11) is 0. The average Bonchev–Trinajstić information content (AvgIpc) is 3.25. The van der Waals surface area contributed by atoms with Gasteiger partial charge in [-0.1, -0.05) is 89.8 Å². The molecular weight excluding hydrogens is 464 g/mol. The van der Waals surface area contributed by atoms with E-state index in [1.165, 1.54) is 68.9 Å². The number of amides is 2. The van der Waals surface area contributed by atoms with Crippen molar-refractivity contribution in [1.29, 1.82) is 0 Å². The maximum Gasteiger partial charge on any atom is 0.319 e. The molecule has 3 saturated carbocycles. The summed E-state index contributed by atoms with van der Waals surface area (Å²) in [6, 6.07) is 10.5. The van der Waals surface area contributed by atoms with Crippen LogP contribution < -0.4 is 10.6 Å². The van der Waals surface area contributed by atoms with Crippen LogP contribution in [0.5, 0.6) is 0 Å². The fourth-order valence-electron chi connectivity index (χ4n) is 10.3. The van der Waals surface area contributed by atoms with E-state index in [4.69, 9.17) is 0 Å². The van der Waals surface area contributed by atoms with E-state index >= 15 is 0 Å². The Morgan fingerprint density at radius 3 is 2.53 bits per heavy atom.